The van der Waals surface area contributed by atoms with E-state index in [-0.39, 0.29) is 31.1 Å². The van der Waals surface area contributed by atoms with E-state index in [2.05, 4.69) is 41.5 Å². The zero-order valence-corrected chi connectivity index (χ0v) is 34.9. The fraction of sp³-hybridized carbons (Fsp3) is 0.933. The van der Waals surface area contributed by atoms with Crippen molar-refractivity contribution in [3.8, 4) is 0 Å². The first-order chi connectivity index (χ1) is 24.6. The molecule has 0 aromatic heterocycles. The van der Waals surface area contributed by atoms with Gasteiger partial charge in [0.1, 0.15) is 13.2 Å². The van der Waals surface area contributed by atoms with E-state index in [4.69, 9.17) is 14.2 Å². The second-order valence-electron chi connectivity index (χ2n) is 16.8. The molecule has 0 heterocycles. The van der Waals surface area contributed by atoms with Crippen LogP contribution in [0.5, 0.6) is 0 Å². The van der Waals surface area contributed by atoms with E-state index in [1.165, 1.54) is 116 Å². The fourth-order valence-electron chi connectivity index (χ4n) is 6.52. The molecule has 0 bridgehead atoms. The maximum absolute atomic E-state index is 12.7. The molecule has 0 spiro atoms. The van der Waals surface area contributed by atoms with Crippen molar-refractivity contribution in [3.63, 3.8) is 0 Å². The minimum Gasteiger partial charge on any atom is -0.462 e. The Labute approximate surface area is 317 Å². The second kappa shape index (κ2) is 36.8. The molecule has 6 nitrogen and oxygen atoms in total. The third-order valence-corrected chi connectivity index (χ3v) is 9.90. The minimum absolute atomic E-state index is 0.0674. The Kier molecular flexibility index (Phi) is 35.6. The van der Waals surface area contributed by atoms with Gasteiger partial charge in [-0.15, -0.1) is 0 Å². The van der Waals surface area contributed by atoms with Crippen molar-refractivity contribution in [1.29, 1.82) is 0 Å². The van der Waals surface area contributed by atoms with Gasteiger partial charge in [-0.05, 0) is 37.0 Å². The second-order valence-corrected chi connectivity index (χ2v) is 16.8. The largest absolute Gasteiger partial charge is 0.462 e. The number of rotatable bonds is 38. The number of hydrogen-bond acceptors (Lipinski definition) is 6. The molecule has 0 aliphatic rings. The molecule has 0 fully saturated rings. The van der Waals surface area contributed by atoms with E-state index in [1.807, 2.05) is 0 Å². The van der Waals surface area contributed by atoms with Gasteiger partial charge in [0.25, 0.3) is 0 Å². The zero-order chi connectivity index (χ0) is 37.8. The van der Waals surface area contributed by atoms with Crippen molar-refractivity contribution in [1.82, 2.24) is 0 Å². The Morgan fingerprint density at radius 2 is 0.569 bits per heavy atom. The van der Waals surface area contributed by atoms with E-state index in [1.54, 1.807) is 0 Å². The fourth-order valence-corrected chi connectivity index (χ4v) is 6.52. The summed E-state index contributed by atoms with van der Waals surface area (Å²) in [5, 5.41) is 0. The van der Waals surface area contributed by atoms with Gasteiger partial charge in [0.2, 0.25) is 0 Å². The van der Waals surface area contributed by atoms with E-state index in [0.29, 0.717) is 19.3 Å². The van der Waals surface area contributed by atoms with Gasteiger partial charge in [-0.2, -0.15) is 0 Å². The number of carbonyl (C=O) groups is 3. The maximum Gasteiger partial charge on any atom is 0.306 e. The third kappa shape index (κ3) is 39.5. The third-order valence-electron chi connectivity index (χ3n) is 9.90. The standard InChI is InChI=1S/C45H86O6/c1-39(2)31-25-19-13-9-7-8-10-16-24-30-36-45(48)51-42(38-50-44(47)35-29-23-18-17-21-27-33-41(5)6)37-49-43(46)34-28-22-15-12-11-14-20-26-32-40(3)4/h39-42H,7-38H2,1-6H3/t42-/m1/s1. The molecule has 0 unspecified atom stereocenters. The summed E-state index contributed by atoms with van der Waals surface area (Å²) in [4.78, 5) is 37.6. The molecule has 0 N–H and O–H groups in total. The lowest BCUT2D eigenvalue weighted by molar-refractivity contribution is -0.167. The lowest BCUT2D eigenvalue weighted by Crippen LogP contribution is -2.30. The highest BCUT2D eigenvalue weighted by Gasteiger charge is 2.19. The maximum atomic E-state index is 12.7. The molecule has 302 valence electrons. The minimum atomic E-state index is -0.761. The number of carbonyl (C=O) groups excluding carboxylic acids is 3. The molecule has 0 aliphatic heterocycles. The normalized spacial score (nSPS) is 12.2. The summed E-state index contributed by atoms with van der Waals surface area (Å²) >= 11 is 0. The first kappa shape index (κ1) is 49.4. The highest BCUT2D eigenvalue weighted by Crippen LogP contribution is 2.16. The molecule has 0 amide bonds. The molecule has 0 rings (SSSR count). The Morgan fingerprint density at radius 3 is 0.843 bits per heavy atom. The number of esters is 3. The van der Waals surface area contributed by atoms with Crippen molar-refractivity contribution < 1.29 is 28.6 Å². The van der Waals surface area contributed by atoms with Gasteiger partial charge >= 0.3 is 17.9 Å². The van der Waals surface area contributed by atoms with Crippen LogP contribution in [-0.4, -0.2) is 37.2 Å². The van der Waals surface area contributed by atoms with Crippen LogP contribution >= 0.6 is 0 Å². The zero-order valence-electron chi connectivity index (χ0n) is 34.9. The first-order valence-corrected chi connectivity index (χ1v) is 22.1. The summed E-state index contributed by atoms with van der Waals surface area (Å²) < 4.78 is 16.7. The molecule has 1 atom stereocenters. The van der Waals surface area contributed by atoms with E-state index in [0.717, 1.165) is 75.5 Å². The van der Waals surface area contributed by atoms with Crippen LogP contribution in [0.1, 0.15) is 234 Å². The monoisotopic (exact) mass is 723 g/mol. The van der Waals surface area contributed by atoms with E-state index < -0.39 is 6.10 Å². The molecule has 0 saturated heterocycles. The topological polar surface area (TPSA) is 78.9 Å². The average Bonchev–Trinajstić information content (AvgIpc) is 3.08. The van der Waals surface area contributed by atoms with Crippen molar-refractivity contribution in [3.05, 3.63) is 0 Å². The molecule has 0 radical (unpaired) electrons. The summed E-state index contributed by atoms with van der Waals surface area (Å²) in [6.07, 6.45) is 32.5. The van der Waals surface area contributed by atoms with Gasteiger partial charge in [0.15, 0.2) is 6.10 Å². The van der Waals surface area contributed by atoms with Gasteiger partial charge in [-0.25, -0.2) is 0 Å². The summed E-state index contributed by atoms with van der Waals surface area (Å²) in [6.45, 7) is 13.6. The van der Waals surface area contributed by atoms with Crippen LogP contribution in [0.15, 0.2) is 0 Å². The van der Waals surface area contributed by atoms with Gasteiger partial charge in [0, 0.05) is 19.3 Å². The molecule has 0 aromatic carbocycles. The van der Waals surface area contributed by atoms with Gasteiger partial charge in [0.05, 0.1) is 0 Å². The van der Waals surface area contributed by atoms with Crippen LogP contribution in [0, 0.1) is 17.8 Å². The van der Waals surface area contributed by atoms with Crippen LogP contribution in [0.25, 0.3) is 0 Å². The van der Waals surface area contributed by atoms with E-state index >= 15 is 0 Å². The highest BCUT2D eigenvalue weighted by atomic mass is 16.6. The van der Waals surface area contributed by atoms with Gasteiger partial charge in [-0.1, -0.05) is 196 Å². The van der Waals surface area contributed by atoms with Crippen LogP contribution < -0.4 is 0 Å². The quantitative estimate of drug-likeness (QED) is 0.0359. The Morgan fingerprint density at radius 1 is 0.333 bits per heavy atom. The van der Waals surface area contributed by atoms with Crippen molar-refractivity contribution in [2.24, 2.45) is 17.8 Å². The molecule has 51 heavy (non-hydrogen) atoms. The van der Waals surface area contributed by atoms with Crippen molar-refractivity contribution in [2.45, 2.75) is 240 Å². The lowest BCUT2D eigenvalue weighted by Gasteiger charge is -2.18. The Hall–Kier alpha value is -1.59. The van der Waals surface area contributed by atoms with Crippen molar-refractivity contribution >= 4 is 17.9 Å². The number of hydrogen-bond donors (Lipinski definition) is 0. The summed E-state index contributed by atoms with van der Waals surface area (Å²) in [5.74, 6) is 1.51. The molecular weight excluding hydrogens is 636 g/mol. The molecular formula is C45H86O6. The number of ether oxygens (including phenoxy) is 3. The van der Waals surface area contributed by atoms with Crippen LogP contribution in [0.3, 0.4) is 0 Å². The molecule has 6 heteroatoms. The first-order valence-electron chi connectivity index (χ1n) is 22.1. The Bertz CT molecular complexity index is 792. The SMILES string of the molecule is CC(C)CCCCCCCCCCCCC(=O)O[C@H](COC(=O)CCCCCCCCCCC(C)C)COC(=O)CCCCCCCCC(C)C. The summed E-state index contributed by atoms with van der Waals surface area (Å²) in [7, 11) is 0. The highest BCUT2D eigenvalue weighted by molar-refractivity contribution is 5.71. The predicted molar refractivity (Wildman–Crippen MR) is 215 cm³/mol. The van der Waals surface area contributed by atoms with Crippen LogP contribution in [0.4, 0.5) is 0 Å². The summed E-state index contributed by atoms with van der Waals surface area (Å²) in [5.41, 5.74) is 0. The number of unbranched alkanes of at least 4 members (excludes halogenated alkanes) is 21. The van der Waals surface area contributed by atoms with E-state index in [9.17, 15) is 14.4 Å². The van der Waals surface area contributed by atoms with Crippen LogP contribution in [0.2, 0.25) is 0 Å². The van der Waals surface area contributed by atoms with Crippen molar-refractivity contribution in [2.75, 3.05) is 13.2 Å². The lowest BCUT2D eigenvalue weighted by atomic mass is 10.0. The molecule has 0 aliphatic carbocycles. The van der Waals surface area contributed by atoms with Gasteiger partial charge in [-0.3, -0.25) is 14.4 Å². The summed E-state index contributed by atoms with van der Waals surface area (Å²) in [6, 6.07) is 0. The smallest absolute Gasteiger partial charge is 0.306 e. The molecule has 0 saturated carbocycles. The molecule has 0 aromatic rings. The van der Waals surface area contributed by atoms with Crippen LogP contribution in [-0.2, 0) is 28.6 Å². The Balaban J connectivity index is 4.35. The predicted octanol–water partition coefficient (Wildman–Crippen LogP) is 13.7. The van der Waals surface area contributed by atoms with Gasteiger partial charge < -0.3 is 14.2 Å². The average molecular weight is 723 g/mol.